The molecular weight excluding hydrogens is 452 g/mol. The Hall–Kier alpha value is -3.45. The first-order valence-corrected chi connectivity index (χ1v) is 12.7. The van der Waals surface area contributed by atoms with Crippen molar-refractivity contribution >= 4 is 11.9 Å². The third-order valence-corrected chi connectivity index (χ3v) is 6.76. The monoisotopic (exact) mass is 490 g/mol. The van der Waals surface area contributed by atoms with Crippen molar-refractivity contribution in [1.29, 1.82) is 0 Å². The topological polar surface area (TPSA) is 76.5 Å². The SMILES string of the molecule is CCN(CC)C(CNC(=O)c1ccc(-n2nc(C)c(CCC(=O)OC)c2C)cc1)Cc1ccccc1. The minimum absolute atomic E-state index is 0.0843. The summed E-state index contributed by atoms with van der Waals surface area (Å²) in [5.41, 5.74) is 5.67. The highest BCUT2D eigenvalue weighted by molar-refractivity contribution is 5.94. The molecule has 0 aliphatic rings. The van der Waals surface area contributed by atoms with Crippen molar-refractivity contribution in [2.24, 2.45) is 0 Å². The summed E-state index contributed by atoms with van der Waals surface area (Å²) in [6.45, 7) is 10.7. The lowest BCUT2D eigenvalue weighted by atomic mass is 10.0. The van der Waals surface area contributed by atoms with Gasteiger partial charge in [-0.15, -0.1) is 0 Å². The van der Waals surface area contributed by atoms with Gasteiger partial charge in [0.25, 0.3) is 5.91 Å². The maximum atomic E-state index is 13.0. The number of carbonyl (C=O) groups is 2. The number of ether oxygens (including phenoxy) is 1. The number of aromatic nitrogens is 2. The predicted octanol–water partition coefficient (Wildman–Crippen LogP) is 4.28. The Balaban J connectivity index is 1.67. The fourth-order valence-electron chi connectivity index (χ4n) is 4.64. The highest BCUT2D eigenvalue weighted by atomic mass is 16.5. The van der Waals surface area contributed by atoms with Crippen LogP contribution in [0.15, 0.2) is 54.6 Å². The van der Waals surface area contributed by atoms with Gasteiger partial charge in [-0.2, -0.15) is 5.10 Å². The fourth-order valence-corrected chi connectivity index (χ4v) is 4.64. The molecule has 1 amide bonds. The van der Waals surface area contributed by atoms with Crippen molar-refractivity contribution in [3.63, 3.8) is 0 Å². The lowest BCUT2D eigenvalue weighted by molar-refractivity contribution is -0.140. The Labute approximate surface area is 214 Å². The van der Waals surface area contributed by atoms with E-state index < -0.39 is 0 Å². The van der Waals surface area contributed by atoms with Crippen LogP contribution in [0.2, 0.25) is 0 Å². The number of methoxy groups -OCH3 is 1. The van der Waals surface area contributed by atoms with E-state index in [2.05, 4.69) is 53.4 Å². The van der Waals surface area contributed by atoms with E-state index in [1.807, 2.05) is 48.9 Å². The summed E-state index contributed by atoms with van der Waals surface area (Å²) in [5, 5.41) is 7.79. The van der Waals surface area contributed by atoms with Crippen LogP contribution in [0.3, 0.4) is 0 Å². The van der Waals surface area contributed by atoms with Gasteiger partial charge in [0.1, 0.15) is 0 Å². The molecular formula is C29H38N4O3. The number of nitrogens with one attached hydrogen (secondary N) is 1. The zero-order valence-electron chi connectivity index (χ0n) is 22.1. The van der Waals surface area contributed by atoms with Gasteiger partial charge in [-0.05, 0) is 75.2 Å². The van der Waals surface area contributed by atoms with Crippen LogP contribution in [-0.2, 0) is 22.4 Å². The van der Waals surface area contributed by atoms with Crippen LogP contribution in [0.4, 0.5) is 0 Å². The second-order valence-corrected chi connectivity index (χ2v) is 8.96. The van der Waals surface area contributed by atoms with E-state index in [1.165, 1.54) is 12.7 Å². The van der Waals surface area contributed by atoms with Gasteiger partial charge in [0, 0.05) is 30.3 Å². The maximum absolute atomic E-state index is 13.0. The molecule has 3 aromatic rings. The number of hydrogen-bond acceptors (Lipinski definition) is 5. The van der Waals surface area contributed by atoms with E-state index in [-0.39, 0.29) is 17.9 Å². The highest BCUT2D eigenvalue weighted by Gasteiger charge is 2.19. The van der Waals surface area contributed by atoms with Crippen LogP contribution in [0.1, 0.15) is 53.1 Å². The number of aryl methyl sites for hydroxylation is 1. The summed E-state index contributed by atoms with van der Waals surface area (Å²) < 4.78 is 6.62. The highest BCUT2D eigenvalue weighted by Crippen LogP contribution is 2.20. The number of hydrogen-bond donors (Lipinski definition) is 1. The number of benzene rings is 2. The average Bonchev–Trinajstić information content (AvgIpc) is 3.19. The summed E-state index contributed by atoms with van der Waals surface area (Å²) in [6.07, 6.45) is 1.79. The van der Waals surface area contributed by atoms with Crippen LogP contribution >= 0.6 is 0 Å². The molecule has 2 aromatic carbocycles. The fraction of sp³-hybridized carbons (Fsp3) is 0.414. The first-order chi connectivity index (χ1) is 17.4. The van der Waals surface area contributed by atoms with Crippen molar-refractivity contribution in [1.82, 2.24) is 20.0 Å². The lowest BCUT2D eigenvalue weighted by Crippen LogP contribution is -2.45. The van der Waals surface area contributed by atoms with Crippen LogP contribution < -0.4 is 5.32 Å². The Kier molecular flexibility index (Phi) is 9.82. The molecule has 192 valence electrons. The van der Waals surface area contributed by atoms with E-state index in [9.17, 15) is 9.59 Å². The Bertz CT molecular complexity index is 1140. The maximum Gasteiger partial charge on any atom is 0.305 e. The summed E-state index contributed by atoms with van der Waals surface area (Å²) >= 11 is 0. The van der Waals surface area contributed by atoms with Gasteiger partial charge in [-0.3, -0.25) is 14.5 Å². The molecule has 0 saturated carbocycles. The van der Waals surface area contributed by atoms with Gasteiger partial charge in [0.2, 0.25) is 0 Å². The quantitative estimate of drug-likeness (QED) is 0.384. The van der Waals surface area contributed by atoms with Crippen LogP contribution in [0, 0.1) is 13.8 Å². The van der Waals surface area contributed by atoms with E-state index in [0.29, 0.717) is 24.9 Å². The molecule has 0 aliphatic heterocycles. The molecule has 0 bridgehead atoms. The number of amides is 1. The largest absolute Gasteiger partial charge is 0.469 e. The third-order valence-electron chi connectivity index (χ3n) is 6.76. The molecule has 0 fully saturated rings. The van der Waals surface area contributed by atoms with Gasteiger partial charge in [-0.1, -0.05) is 44.2 Å². The zero-order chi connectivity index (χ0) is 26.1. The van der Waals surface area contributed by atoms with Gasteiger partial charge in [0.15, 0.2) is 0 Å². The molecule has 1 unspecified atom stereocenters. The normalized spacial score (nSPS) is 11.9. The van der Waals surface area contributed by atoms with Gasteiger partial charge in [-0.25, -0.2) is 4.68 Å². The summed E-state index contributed by atoms with van der Waals surface area (Å²) in [7, 11) is 1.40. The minimum atomic E-state index is -0.232. The van der Waals surface area contributed by atoms with Crippen molar-refractivity contribution in [3.05, 3.63) is 82.7 Å². The first-order valence-electron chi connectivity index (χ1n) is 12.7. The molecule has 1 atom stereocenters. The minimum Gasteiger partial charge on any atom is -0.469 e. The number of rotatable bonds is 12. The van der Waals surface area contributed by atoms with Crippen LogP contribution in [0.5, 0.6) is 0 Å². The van der Waals surface area contributed by atoms with E-state index in [4.69, 9.17) is 4.74 Å². The predicted molar refractivity (Wildman–Crippen MR) is 143 cm³/mol. The number of carbonyl (C=O) groups excluding carboxylic acids is 2. The smallest absolute Gasteiger partial charge is 0.305 e. The Morgan fingerprint density at radius 2 is 1.69 bits per heavy atom. The molecule has 7 heteroatoms. The summed E-state index contributed by atoms with van der Waals surface area (Å²) in [4.78, 5) is 26.9. The van der Waals surface area contributed by atoms with E-state index in [0.717, 1.165) is 42.1 Å². The second kappa shape index (κ2) is 13.0. The summed E-state index contributed by atoms with van der Waals surface area (Å²) in [6, 6.07) is 18.1. The van der Waals surface area contributed by atoms with Crippen molar-refractivity contribution in [3.8, 4) is 5.69 Å². The zero-order valence-corrected chi connectivity index (χ0v) is 22.1. The molecule has 1 heterocycles. The molecule has 7 nitrogen and oxygen atoms in total. The van der Waals surface area contributed by atoms with Gasteiger partial charge in [0.05, 0.1) is 18.5 Å². The standard InChI is InChI=1S/C29H38N4O3/c1-6-32(7-2)26(19-23-11-9-8-10-12-23)20-30-29(35)24-13-15-25(16-14-24)33-22(4)27(21(3)31-33)17-18-28(34)36-5/h8-16,26H,6-7,17-20H2,1-5H3,(H,30,35). The van der Waals surface area contributed by atoms with E-state index >= 15 is 0 Å². The van der Waals surface area contributed by atoms with Gasteiger partial charge < -0.3 is 10.1 Å². The second-order valence-electron chi connectivity index (χ2n) is 8.96. The molecule has 1 N–H and O–H groups in total. The number of likely N-dealkylation sites (N-methyl/N-ethyl adjacent to an activating group) is 1. The first kappa shape index (κ1) is 27.1. The lowest BCUT2D eigenvalue weighted by Gasteiger charge is -2.30. The molecule has 36 heavy (non-hydrogen) atoms. The molecule has 1 aromatic heterocycles. The van der Waals surface area contributed by atoms with Crippen molar-refractivity contribution < 1.29 is 14.3 Å². The number of nitrogens with zero attached hydrogens (tertiary/aromatic N) is 3. The molecule has 0 radical (unpaired) electrons. The van der Waals surface area contributed by atoms with Crippen LogP contribution in [0.25, 0.3) is 5.69 Å². The Morgan fingerprint density at radius 1 is 1.03 bits per heavy atom. The summed E-state index contributed by atoms with van der Waals surface area (Å²) in [5.74, 6) is -0.317. The average molecular weight is 491 g/mol. The molecule has 0 spiro atoms. The van der Waals surface area contributed by atoms with Gasteiger partial charge >= 0.3 is 5.97 Å². The van der Waals surface area contributed by atoms with Crippen molar-refractivity contribution in [2.45, 2.75) is 53.0 Å². The van der Waals surface area contributed by atoms with Crippen molar-refractivity contribution in [2.75, 3.05) is 26.7 Å². The Morgan fingerprint density at radius 3 is 2.31 bits per heavy atom. The van der Waals surface area contributed by atoms with E-state index in [1.54, 1.807) is 0 Å². The molecule has 0 saturated heterocycles. The molecule has 0 aliphatic carbocycles. The van der Waals surface area contributed by atoms with Crippen LogP contribution in [-0.4, -0.2) is 59.3 Å². The third kappa shape index (κ3) is 6.82. The number of esters is 1. The molecule has 3 rings (SSSR count).